The summed E-state index contributed by atoms with van der Waals surface area (Å²) in [5.41, 5.74) is 1.62. The fraction of sp³-hybridized carbons (Fsp3) is 0.0526. The SMILES string of the molecule is Cc1c(-c2cnc3ccc(F)cc3c2C(=O)O)nnn1-c1ccc([N+](=O)[O-])cc1. The Kier molecular flexibility index (Phi) is 4.23. The van der Waals surface area contributed by atoms with Crippen LogP contribution in [0.15, 0.2) is 48.7 Å². The number of carboxylic acids is 1. The highest BCUT2D eigenvalue weighted by molar-refractivity contribution is 6.08. The number of hydrogen-bond donors (Lipinski definition) is 1. The van der Waals surface area contributed by atoms with Gasteiger partial charge in [0.05, 0.1) is 27.4 Å². The summed E-state index contributed by atoms with van der Waals surface area (Å²) in [5, 5.41) is 28.8. The first-order valence-electron chi connectivity index (χ1n) is 8.36. The number of non-ortho nitro benzene ring substituents is 1. The van der Waals surface area contributed by atoms with Crippen LogP contribution in [-0.2, 0) is 0 Å². The number of carbonyl (C=O) groups is 1. The Labute approximate surface area is 162 Å². The number of pyridine rings is 1. The Bertz CT molecular complexity index is 1280. The molecule has 0 amide bonds. The van der Waals surface area contributed by atoms with E-state index in [-0.39, 0.29) is 27.9 Å². The van der Waals surface area contributed by atoms with E-state index in [0.717, 1.165) is 6.07 Å². The van der Waals surface area contributed by atoms with Crippen LogP contribution in [0.4, 0.5) is 10.1 Å². The molecule has 2 aromatic heterocycles. The molecule has 0 radical (unpaired) electrons. The average molecular weight is 393 g/mol. The number of aromatic nitrogens is 4. The topological polar surface area (TPSA) is 124 Å². The maximum absolute atomic E-state index is 13.7. The Morgan fingerprint density at radius 2 is 1.93 bits per heavy atom. The third-order valence-corrected chi connectivity index (χ3v) is 4.50. The highest BCUT2D eigenvalue weighted by Gasteiger charge is 2.22. The third-order valence-electron chi connectivity index (χ3n) is 4.50. The molecule has 0 spiro atoms. The Hall–Kier alpha value is -4.21. The summed E-state index contributed by atoms with van der Waals surface area (Å²) in [6.45, 7) is 1.68. The molecular formula is C19H12FN5O4. The van der Waals surface area contributed by atoms with E-state index in [1.165, 1.54) is 47.3 Å². The van der Waals surface area contributed by atoms with Gasteiger partial charge in [-0.3, -0.25) is 15.1 Å². The second-order valence-corrected chi connectivity index (χ2v) is 6.22. The number of carboxylic acid groups (broad SMARTS) is 1. The number of rotatable bonds is 4. The third kappa shape index (κ3) is 3.06. The lowest BCUT2D eigenvalue weighted by Crippen LogP contribution is -2.04. The smallest absolute Gasteiger partial charge is 0.337 e. The van der Waals surface area contributed by atoms with E-state index in [2.05, 4.69) is 15.3 Å². The average Bonchev–Trinajstić information content (AvgIpc) is 3.08. The molecule has 4 aromatic rings. The molecule has 0 fully saturated rings. The van der Waals surface area contributed by atoms with Crippen molar-refractivity contribution in [3.8, 4) is 16.9 Å². The lowest BCUT2D eigenvalue weighted by molar-refractivity contribution is -0.384. The lowest BCUT2D eigenvalue weighted by Gasteiger charge is -2.09. The fourth-order valence-electron chi connectivity index (χ4n) is 3.11. The molecule has 1 N–H and O–H groups in total. The van der Waals surface area contributed by atoms with Gasteiger partial charge in [0.15, 0.2) is 0 Å². The molecule has 0 atom stereocenters. The summed E-state index contributed by atoms with van der Waals surface area (Å²) >= 11 is 0. The minimum absolute atomic E-state index is 0.0688. The summed E-state index contributed by atoms with van der Waals surface area (Å²) in [4.78, 5) is 26.5. The monoisotopic (exact) mass is 393 g/mol. The van der Waals surface area contributed by atoms with Crippen LogP contribution >= 0.6 is 0 Å². The van der Waals surface area contributed by atoms with Crippen LogP contribution in [0.5, 0.6) is 0 Å². The molecule has 0 bridgehead atoms. The first-order valence-corrected chi connectivity index (χ1v) is 8.36. The van der Waals surface area contributed by atoms with Crippen molar-refractivity contribution in [2.75, 3.05) is 0 Å². The number of aromatic carboxylic acids is 1. The second kappa shape index (κ2) is 6.75. The van der Waals surface area contributed by atoms with Crippen molar-refractivity contribution < 1.29 is 19.2 Å². The zero-order valence-electron chi connectivity index (χ0n) is 14.9. The highest BCUT2D eigenvalue weighted by atomic mass is 19.1. The second-order valence-electron chi connectivity index (χ2n) is 6.22. The number of fused-ring (bicyclic) bond motifs is 1. The minimum Gasteiger partial charge on any atom is -0.478 e. The molecule has 2 aromatic carbocycles. The van der Waals surface area contributed by atoms with Crippen molar-refractivity contribution >= 4 is 22.6 Å². The van der Waals surface area contributed by atoms with Crippen molar-refractivity contribution in [2.45, 2.75) is 6.92 Å². The number of hydrogen-bond acceptors (Lipinski definition) is 6. The number of nitro benzene ring substituents is 1. The summed E-state index contributed by atoms with van der Waals surface area (Å²) in [6.07, 6.45) is 1.36. The van der Waals surface area contributed by atoms with E-state index in [0.29, 0.717) is 16.9 Å². The number of nitrogens with zero attached hydrogens (tertiary/aromatic N) is 5. The van der Waals surface area contributed by atoms with Gasteiger partial charge in [-0.1, -0.05) is 5.21 Å². The molecule has 0 saturated heterocycles. The van der Waals surface area contributed by atoms with Crippen LogP contribution in [0.1, 0.15) is 16.1 Å². The van der Waals surface area contributed by atoms with Crippen molar-refractivity contribution in [3.05, 3.63) is 75.9 Å². The van der Waals surface area contributed by atoms with Gasteiger partial charge in [-0.15, -0.1) is 5.10 Å². The summed E-state index contributed by atoms with van der Waals surface area (Å²) in [7, 11) is 0. The molecule has 9 nitrogen and oxygen atoms in total. The molecule has 0 aliphatic carbocycles. The van der Waals surface area contributed by atoms with Gasteiger partial charge >= 0.3 is 5.97 Å². The number of halogens is 1. The highest BCUT2D eigenvalue weighted by Crippen LogP contribution is 2.31. The van der Waals surface area contributed by atoms with Gasteiger partial charge in [0.2, 0.25) is 0 Å². The van der Waals surface area contributed by atoms with E-state index in [1.807, 2.05) is 0 Å². The number of nitro groups is 1. The van der Waals surface area contributed by atoms with Crippen LogP contribution in [0.2, 0.25) is 0 Å². The van der Waals surface area contributed by atoms with Crippen LogP contribution in [0.3, 0.4) is 0 Å². The van der Waals surface area contributed by atoms with Gasteiger partial charge in [0.25, 0.3) is 5.69 Å². The van der Waals surface area contributed by atoms with Crippen LogP contribution in [0.25, 0.3) is 27.8 Å². The zero-order chi connectivity index (χ0) is 20.7. The summed E-state index contributed by atoms with van der Waals surface area (Å²) < 4.78 is 15.1. The summed E-state index contributed by atoms with van der Waals surface area (Å²) in [5.74, 6) is -1.83. The van der Waals surface area contributed by atoms with Gasteiger partial charge in [-0.2, -0.15) is 0 Å². The zero-order valence-corrected chi connectivity index (χ0v) is 14.9. The first-order chi connectivity index (χ1) is 13.9. The maximum Gasteiger partial charge on any atom is 0.337 e. The molecule has 29 heavy (non-hydrogen) atoms. The van der Waals surface area contributed by atoms with E-state index in [9.17, 15) is 24.4 Å². The molecule has 4 rings (SSSR count). The molecule has 0 saturated carbocycles. The van der Waals surface area contributed by atoms with Gasteiger partial charge < -0.3 is 5.11 Å². The maximum atomic E-state index is 13.7. The normalized spacial score (nSPS) is 11.0. The van der Waals surface area contributed by atoms with Gasteiger partial charge in [-0.05, 0) is 37.3 Å². The molecule has 0 aliphatic heterocycles. The molecule has 0 aliphatic rings. The van der Waals surface area contributed by atoms with Crippen molar-refractivity contribution in [1.82, 2.24) is 20.0 Å². The van der Waals surface area contributed by atoms with Gasteiger partial charge in [0.1, 0.15) is 11.5 Å². The first kappa shape index (κ1) is 18.2. The van der Waals surface area contributed by atoms with Crippen molar-refractivity contribution in [3.63, 3.8) is 0 Å². The van der Waals surface area contributed by atoms with Crippen molar-refractivity contribution in [2.24, 2.45) is 0 Å². The lowest BCUT2D eigenvalue weighted by atomic mass is 10.0. The summed E-state index contributed by atoms with van der Waals surface area (Å²) in [6, 6.07) is 9.41. The van der Waals surface area contributed by atoms with E-state index < -0.39 is 16.7 Å². The van der Waals surface area contributed by atoms with Crippen molar-refractivity contribution in [1.29, 1.82) is 0 Å². The van der Waals surface area contributed by atoms with Gasteiger partial charge in [0, 0.05) is 29.3 Å². The molecule has 10 heteroatoms. The van der Waals surface area contributed by atoms with Gasteiger partial charge in [-0.25, -0.2) is 13.9 Å². The molecule has 0 unspecified atom stereocenters. The van der Waals surface area contributed by atoms with E-state index in [4.69, 9.17) is 0 Å². The van der Waals surface area contributed by atoms with Crippen LogP contribution < -0.4 is 0 Å². The minimum atomic E-state index is -1.25. The Balaban J connectivity index is 1.88. The predicted molar refractivity (Wildman–Crippen MR) is 100 cm³/mol. The van der Waals surface area contributed by atoms with E-state index >= 15 is 0 Å². The molecule has 144 valence electrons. The quantitative estimate of drug-likeness (QED) is 0.415. The standard InChI is InChI=1S/C19H12FN5O4/c1-10-18(22-23-24(10)12-3-5-13(6-4-12)25(28)29)15-9-21-16-7-2-11(20)8-14(16)17(15)19(26)27/h2-9H,1H3,(H,26,27). The molecular weight excluding hydrogens is 381 g/mol. The Morgan fingerprint density at radius 1 is 1.21 bits per heavy atom. The predicted octanol–water partition coefficient (Wildman–Crippen LogP) is 3.54. The Morgan fingerprint density at radius 3 is 2.59 bits per heavy atom. The fourth-order valence-corrected chi connectivity index (χ4v) is 3.11. The van der Waals surface area contributed by atoms with Crippen LogP contribution in [0, 0.1) is 22.9 Å². The van der Waals surface area contributed by atoms with E-state index in [1.54, 1.807) is 6.92 Å². The largest absolute Gasteiger partial charge is 0.478 e. The molecule has 2 heterocycles. The number of benzene rings is 2. The van der Waals surface area contributed by atoms with Crippen LogP contribution in [-0.4, -0.2) is 36.0 Å².